The van der Waals surface area contributed by atoms with Crippen LogP contribution in [0.4, 0.5) is 0 Å². The molecule has 3 N–H and O–H groups in total. The van der Waals surface area contributed by atoms with Crippen molar-refractivity contribution in [3.63, 3.8) is 0 Å². The van der Waals surface area contributed by atoms with Crippen LogP contribution in [-0.4, -0.2) is 64.2 Å². The number of allylic oxidation sites excluding steroid dienone is 6. The van der Waals surface area contributed by atoms with E-state index in [4.69, 9.17) is 14.2 Å². The molecule has 35 heavy (non-hydrogen) atoms. The van der Waals surface area contributed by atoms with Gasteiger partial charge < -0.3 is 29.5 Å². The predicted molar refractivity (Wildman–Crippen MR) is 136 cm³/mol. The van der Waals surface area contributed by atoms with Crippen LogP contribution in [-0.2, 0) is 19.0 Å². The number of aliphatic hydroxyl groups excluding tert-OH is 3. The first kappa shape index (κ1) is 29.7. The van der Waals surface area contributed by atoms with E-state index in [1.54, 1.807) is 0 Å². The van der Waals surface area contributed by atoms with Crippen molar-refractivity contribution in [1.29, 1.82) is 0 Å². The fraction of sp³-hybridized carbons (Fsp3) is 0.750. The van der Waals surface area contributed by atoms with Gasteiger partial charge in [-0.25, -0.2) is 0 Å². The zero-order valence-electron chi connectivity index (χ0n) is 22.3. The minimum atomic E-state index is -1.47. The van der Waals surface area contributed by atoms with Crippen molar-refractivity contribution in [3.8, 4) is 0 Å². The molecule has 0 saturated carbocycles. The van der Waals surface area contributed by atoms with Gasteiger partial charge in [-0.3, -0.25) is 4.79 Å². The number of aliphatic hydroxyl groups is 3. The second kappa shape index (κ2) is 13.7. The minimum Gasteiger partial charge on any atom is -0.463 e. The summed E-state index contributed by atoms with van der Waals surface area (Å²) in [6.07, 6.45) is 7.33. The summed E-state index contributed by atoms with van der Waals surface area (Å²) in [7, 11) is 0. The van der Waals surface area contributed by atoms with Crippen LogP contribution in [0.15, 0.2) is 34.9 Å². The van der Waals surface area contributed by atoms with Gasteiger partial charge in [-0.15, -0.1) is 0 Å². The van der Waals surface area contributed by atoms with Gasteiger partial charge in [0.05, 0.1) is 5.60 Å². The molecule has 2 aliphatic rings. The summed E-state index contributed by atoms with van der Waals surface area (Å²) in [4.78, 5) is 11.2. The third kappa shape index (κ3) is 9.47. The smallest absolute Gasteiger partial charge is 0.302 e. The maximum atomic E-state index is 11.2. The average Bonchev–Trinajstić information content (AvgIpc) is 2.77. The topological polar surface area (TPSA) is 105 Å². The van der Waals surface area contributed by atoms with Gasteiger partial charge >= 0.3 is 5.97 Å². The van der Waals surface area contributed by atoms with Gasteiger partial charge in [0.2, 0.25) is 0 Å². The summed E-state index contributed by atoms with van der Waals surface area (Å²) in [5, 5.41) is 31.2. The van der Waals surface area contributed by atoms with Crippen LogP contribution in [0.2, 0.25) is 0 Å². The summed E-state index contributed by atoms with van der Waals surface area (Å²) in [5.74, 6) is -0.386. The summed E-state index contributed by atoms with van der Waals surface area (Å²) >= 11 is 0. The van der Waals surface area contributed by atoms with E-state index < -0.39 is 42.3 Å². The molecule has 0 aromatic heterocycles. The normalized spacial score (nSPS) is 32.1. The number of ether oxygens (including phenoxy) is 3. The van der Waals surface area contributed by atoms with E-state index in [0.29, 0.717) is 0 Å². The third-order valence-corrected chi connectivity index (χ3v) is 7.22. The molecule has 200 valence electrons. The molecule has 0 aromatic rings. The largest absolute Gasteiger partial charge is 0.463 e. The summed E-state index contributed by atoms with van der Waals surface area (Å²) in [6, 6.07) is 0. The lowest BCUT2D eigenvalue weighted by molar-refractivity contribution is -0.328. The number of hydrogen-bond acceptors (Lipinski definition) is 7. The second-order valence-electron chi connectivity index (χ2n) is 10.7. The zero-order chi connectivity index (χ0) is 26.2. The molecular formula is C28H46O7. The molecule has 6 atom stereocenters. The van der Waals surface area contributed by atoms with E-state index in [-0.39, 0.29) is 12.5 Å². The highest BCUT2D eigenvalue weighted by Gasteiger charge is 2.47. The number of carbonyl (C=O) groups is 1. The molecule has 1 saturated heterocycles. The van der Waals surface area contributed by atoms with Crippen LogP contribution in [0.5, 0.6) is 0 Å². The highest BCUT2D eigenvalue weighted by Crippen LogP contribution is 2.35. The zero-order valence-corrected chi connectivity index (χ0v) is 22.3. The Hall–Kier alpha value is -1.51. The van der Waals surface area contributed by atoms with Crippen LogP contribution >= 0.6 is 0 Å². The van der Waals surface area contributed by atoms with E-state index >= 15 is 0 Å². The number of hydrogen-bond donors (Lipinski definition) is 3. The number of esters is 1. The maximum Gasteiger partial charge on any atom is 0.302 e. The highest BCUT2D eigenvalue weighted by atomic mass is 16.7. The Balaban J connectivity index is 2.18. The molecular weight excluding hydrogens is 448 g/mol. The summed E-state index contributed by atoms with van der Waals surface area (Å²) < 4.78 is 17.1. The quantitative estimate of drug-likeness (QED) is 0.385. The van der Waals surface area contributed by atoms with Crippen molar-refractivity contribution in [2.75, 3.05) is 6.61 Å². The van der Waals surface area contributed by atoms with Crippen molar-refractivity contribution in [3.05, 3.63) is 34.9 Å². The van der Waals surface area contributed by atoms with Crippen LogP contribution < -0.4 is 0 Å². The molecule has 0 radical (unpaired) electrons. The molecule has 1 heterocycles. The lowest BCUT2D eigenvalue weighted by Crippen LogP contribution is -2.61. The molecule has 0 aromatic carbocycles. The average molecular weight is 495 g/mol. The first-order valence-corrected chi connectivity index (χ1v) is 12.9. The van der Waals surface area contributed by atoms with Crippen LogP contribution in [0.25, 0.3) is 0 Å². The summed E-state index contributed by atoms with van der Waals surface area (Å²) in [5.41, 5.74) is 3.44. The Morgan fingerprint density at radius 1 is 0.943 bits per heavy atom. The van der Waals surface area contributed by atoms with Gasteiger partial charge in [0.25, 0.3) is 0 Å². The van der Waals surface area contributed by atoms with Gasteiger partial charge in [-0.2, -0.15) is 0 Å². The Morgan fingerprint density at radius 2 is 1.51 bits per heavy atom. The van der Waals surface area contributed by atoms with E-state index in [0.717, 1.165) is 44.9 Å². The van der Waals surface area contributed by atoms with Gasteiger partial charge in [-0.1, -0.05) is 34.9 Å². The number of carbonyl (C=O) groups excluding carboxylic acids is 1. The van der Waals surface area contributed by atoms with Crippen molar-refractivity contribution < 1.29 is 34.3 Å². The van der Waals surface area contributed by atoms with E-state index in [1.807, 2.05) is 13.8 Å². The van der Waals surface area contributed by atoms with Crippen molar-refractivity contribution >= 4 is 5.97 Å². The Labute approximate surface area is 210 Å². The lowest BCUT2D eigenvalue weighted by atomic mass is 9.82. The van der Waals surface area contributed by atoms with Crippen molar-refractivity contribution in [1.82, 2.24) is 0 Å². The van der Waals surface area contributed by atoms with Gasteiger partial charge in [0, 0.05) is 6.92 Å². The first-order chi connectivity index (χ1) is 16.4. The van der Waals surface area contributed by atoms with Gasteiger partial charge in [0.1, 0.15) is 31.0 Å². The molecule has 1 aliphatic heterocycles. The van der Waals surface area contributed by atoms with E-state index in [9.17, 15) is 20.1 Å². The molecule has 0 amide bonds. The van der Waals surface area contributed by atoms with Gasteiger partial charge in [0.15, 0.2) is 6.29 Å². The van der Waals surface area contributed by atoms with Crippen molar-refractivity contribution in [2.24, 2.45) is 5.92 Å². The van der Waals surface area contributed by atoms with Crippen LogP contribution in [0.1, 0.15) is 86.5 Å². The molecule has 7 heteroatoms. The van der Waals surface area contributed by atoms with E-state index in [1.165, 1.54) is 23.6 Å². The monoisotopic (exact) mass is 494 g/mol. The second-order valence-corrected chi connectivity index (χ2v) is 10.7. The molecule has 2 rings (SSSR count). The van der Waals surface area contributed by atoms with Gasteiger partial charge in [-0.05, 0) is 85.5 Å². The summed E-state index contributed by atoms with van der Waals surface area (Å²) in [6.45, 7) is 11.5. The highest BCUT2D eigenvalue weighted by molar-refractivity contribution is 5.65. The SMILES string of the molecule is CC(=O)OCC1OC(OC(C)(C)C2CC=C(C)CCC=C(C)CCC=C(C)CC2)C(O)C(O)C1O. The first-order valence-electron chi connectivity index (χ1n) is 12.9. The number of rotatable bonds is 5. The van der Waals surface area contributed by atoms with Crippen molar-refractivity contribution in [2.45, 2.75) is 123 Å². The third-order valence-electron chi connectivity index (χ3n) is 7.22. The Bertz CT molecular complexity index is 782. The molecule has 7 nitrogen and oxygen atoms in total. The standard InChI is InChI=1S/C28H46O7/c1-18-9-7-11-19(2)13-15-22(16-14-20(3)12-8-10-18)28(5,6)35-27-26(32)25(31)24(30)23(34-27)17-33-21(4)29/h9,12-13,22-27,30-32H,7-8,10-11,14-17H2,1-6H3. The minimum absolute atomic E-state index is 0.132. The molecule has 6 unspecified atom stereocenters. The molecule has 1 fully saturated rings. The Kier molecular flexibility index (Phi) is 11.6. The van der Waals surface area contributed by atoms with Crippen LogP contribution in [0.3, 0.4) is 0 Å². The molecule has 1 aliphatic carbocycles. The molecule has 0 spiro atoms. The molecule has 0 bridgehead atoms. The fourth-order valence-electron chi connectivity index (χ4n) is 4.64. The van der Waals surface area contributed by atoms with Crippen LogP contribution in [0, 0.1) is 5.92 Å². The lowest BCUT2D eigenvalue weighted by Gasteiger charge is -2.44. The predicted octanol–water partition coefficient (Wildman–Crippen LogP) is 4.35. The maximum absolute atomic E-state index is 11.2. The van der Waals surface area contributed by atoms with E-state index in [2.05, 4.69) is 39.0 Å². The Morgan fingerprint density at radius 3 is 2.11 bits per heavy atom. The fourth-order valence-corrected chi connectivity index (χ4v) is 4.64.